The quantitative estimate of drug-likeness (QED) is 0.568. The molecule has 2 aromatic carbocycles. The van der Waals surface area contributed by atoms with Crippen LogP contribution in [0.25, 0.3) is 5.69 Å². The van der Waals surface area contributed by atoms with Crippen LogP contribution in [0.4, 0.5) is 0 Å². The van der Waals surface area contributed by atoms with Crippen LogP contribution in [-0.2, 0) is 0 Å². The first-order valence-electron chi connectivity index (χ1n) is 6.94. The van der Waals surface area contributed by atoms with Crippen LogP contribution in [-0.4, -0.2) is 9.55 Å². The van der Waals surface area contributed by atoms with E-state index in [-0.39, 0.29) is 6.10 Å². The van der Waals surface area contributed by atoms with Gasteiger partial charge in [0.1, 0.15) is 11.9 Å². The normalized spacial score (nSPS) is 12.2. The van der Waals surface area contributed by atoms with Gasteiger partial charge in [-0.1, -0.05) is 40.9 Å². The molecule has 0 fully saturated rings. The van der Waals surface area contributed by atoms with Crippen molar-refractivity contribution in [3.63, 3.8) is 0 Å². The van der Waals surface area contributed by atoms with Crippen LogP contribution in [0.1, 0.15) is 18.6 Å². The Hall–Kier alpha value is -1.68. The Morgan fingerprint density at radius 2 is 1.87 bits per heavy atom. The second-order valence-electron chi connectivity index (χ2n) is 5.02. The van der Waals surface area contributed by atoms with Crippen LogP contribution in [0.5, 0.6) is 5.75 Å². The van der Waals surface area contributed by atoms with E-state index in [2.05, 4.69) is 4.98 Å². The number of hydrogen-bond acceptors (Lipinski definition) is 2. The number of aromatic nitrogens is 2. The van der Waals surface area contributed by atoms with Gasteiger partial charge in [-0.05, 0) is 42.8 Å². The Morgan fingerprint density at radius 3 is 2.57 bits per heavy atom. The fourth-order valence-corrected chi connectivity index (χ4v) is 2.69. The maximum absolute atomic E-state index is 6.10. The van der Waals surface area contributed by atoms with Gasteiger partial charge in [0, 0.05) is 17.4 Å². The van der Waals surface area contributed by atoms with E-state index in [1.165, 1.54) is 0 Å². The summed E-state index contributed by atoms with van der Waals surface area (Å²) in [6.07, 6.45) is 5.03. The fourth-order valence-electron chi connectivity index (χ4n) is 2.22. The first-order chi connectivity index (χ1) is 11.0. The zero-order valence-corrected chi connectivity index (χ0v) is 14.5. The van der Waals surface area contributed by atoms with Gasteiger partial charge in [-0.15, -0.1) is 0 Å². The molecule has 1 aromatic heterocycles. The summed E-state index contributed by atoms with van der Waals surface area (Å²) in [7, 11) is 0. The van der Waals surface area contributed by atoms with Crippen LogP contribution < -0.4 is 4.74 Å². The Balaban J connectivity index is 1.92. The number of nitrogens with zero attached hydrogens (tertiary/aromatic N) is 2. The van der Waals surface area contributed by atoms with E-state index in [4.69, 9.17) is 39.5 Å². The minimum absolute atomic E-state index is 0.201. The molecule has 0 saturated heterocycles. The largest absolute Gasteiger partial charge is 0.484 e. The molecule has 0 spiro atoms. The van der Waals surface area contributed by atoms with Crippen molar-refractivity contribution in [1.29, 1.82) is 0 Å². The zero-order chi connectivity index (χ0) is 16.4. The first kappa shape index (κ1) is 16.2. The highest BCUT2D eigenvalue weighted by molar-refractivity contribution is 6.42. The van der Waals surface area contributed by atoms with Crippen LogP contribution in [0.15, 0.2) is 55.1 Å². The molecule has 0 saturated carbocycles. The lowest BCUT2D eigenvalue weighted by molar-refractivity contribution is 0.226. The summed E-state index contributed by atoms with van der Waals surface area (Å²) in [5.41, 5.74) is 1.76. The number of benzene rings is 2. The number of ether oxygens (including phenoxy) is 1. The van der Waals surface area contributed by atoms with E-state index in [0.29, 0.717) is 20.8 Å². The Bertz CT molecular complexity index is 819. The molecule has 0 bridgehead atoms. The molecule has 0 aliphatic heterocycles. The second-order valence-corrected chi connectivity index (χ2v) is 6.27. The SMILES string of the molecule is CC(Oc1ccc(Cl)cc1-n1ccnc1)c1ccc(Cl)c(Cl)c1. The second kappa shape index (κ2) is 6.83. The Kier molecular flexibility index (Phi) is 4.81. The molecule has 1 heterocycles. The minimum Gasteiger partial charge on any atom is -0.484 e. The lowest BCUT2D eigenvalue weighted by atomic mass is 10.1. The highest BCUT2D eigenvalue weighted by atomic mass is 35.5. The lowest BCUT2D eigenvalue weighted by Crippen LogP contribution is -2.06. The van der Waals surface area contributed by atoms with E-state index in [1.807, 2.05) is 35.9 Å². The molecule has 3 rings (SSSR count). The molecule has 0 amide bonds. The van der Waals surface area contributed by atoms with Gasteiger partial charge in [0.25, 0.3) is 0 Å². The molecule has 0 aliphatic rings. The van der Waals surface area contributed by atoms with E-state index < -0.39 is 0 Å². The number of halogens is 3. The number of hydrogen-bond donors (Lipinski definition) is 0. The van der Waals surface area contributed by atoms with Crippen molar-refractivity contribution in [3.8, 4) is 11.4 Å². The molecular formula is C17H13Cl3N2O. The van der Waals surface area contributed by atoms with E-state index >= 15 is 0 Å². The van der Waals surface area contributed by atoms with Crippen molar-refractivity contribution >= 4 is 34.8 Å². The van der Waals surface area contributed by atoms with Crippen LogP contribution >= 0.6 is 34.8 Å². The summed E-state index contributed by atoms with van der Waals surface area (Å²) < 4.78 is 7.95. The van der Waals surface area contributed by atoms with Gasteiger partial charge in [0.15, 0.2) is 0 Å². The summed E-state index contributed by atoms with van der Waals surface area (Å²) in [6.45, 7) is 1.95. The zero-order valence-electron chi connectivity index (χ0n) is 12.2. The molecule has 23 heavy (non-hydrogen) atoms. The van der Waals surface area contributed by atoms with E-state index in [0.717, 1.165) is 11.3 Å². The Morgan fingerprint density at radius 1 is 1.04 bits per heavy atom. The van der Waals surface area contributed by atoms with Gasteiger partial charge in [0.05, 0.1) is 22.1 Å². The summed E-state index contributed by atoms with van der Waals surface area (Å²) in [5, 5.41) is 1.65. The van der Waals surface area contributed by atoms with Crippen molar-refractivity contribution in [2.24, 2.45) is 0 Å². The Labute approximate surface area is 149 Å². The third-order valence-corrected chi connectivity index (χ3v) is 4.39. The van der Waals surface area contributed by atoms with Crippen molar-refractivity contribution in [3.05, 3.63) is 75.8 Å². The highest BCUT2D eigenvalue weighted by Gasteiger charge is 2.13. The van der Waals surface area contributed by atoms with Crippen LogP contribution in [0, 0.1) is 0 Å². The molecule has 0 radical (unpaired) electrons. The minimum atomic E-state index is -0.201. The fraction of sp³-hybridized carbons (Fsp3) is 0.118. The molecular weight excluding hydrogens is 355 g/mol. The summed E-state index contributed by atoms with van der Waals surface area (Å²) in [5.74, 6) is 0.700. The monoisotopic (exact) mass is 366 g/mol. The third-order valence-electron chi connectivity index (χ3n) is 3.42. The van der Waals surface area contributed by atoms with Gasteiger partial charge in [-0.25, -0.2) is 4.98 Å². The van der Waals surface area contributed by atoms with Crippen molar-refractivity contribution in [2.75, 3.05) is 0 Å². The standard InChI is InChI=1S/C17H13Cl3N2O/c1-11(12-2-4-14(19)15(20)8-12)23-17-5-3-13(18)9-16(17)22-7-6-21-10-22/h2-11H,1H3. The lowest BCUT2D eigenvalue weighted by Gasteiger charge is -2.18. The maximum atomic E-state index is 6.10. The van der Waals surface area contributed by atoms with Crippen LogP contribution in [0.2, 0.25) is 15.1 Å². The molecule has 0 N–H and O–H groups in total. The average molecular weight is 368 g/mol. The molecule has 6 heteroatoms. The topological polar surface area (TPSA) is 27.1 Å². The van der Waals surface area contributed by atoms with Gasteiger partial charge in [-0.3, -0.25) is 0 Å². The van der Waals surface area contributed by atoms with Crippen molar-refractivity contribution < 1.29 is 4.74 Å². The molecule has 118 valence electrons. The van der Waals surface area contributed by atoms with Gasteiger partial charge < -0.3 is 9.30 Å². The number of imidazole rings is 1. The van der Waals surface area contributed by atoms with Gasteiger partial charge >= 0.3 is 0 Å². The van der Waals surface area contributed by atoms with Crippen molar-refractivity contribution in [1.82, 2.24) is 9.55 Å². The third kappa shape index (κ3) is 3.63. The highest BCUT2D eigenvalue weighted by Crippen LogP contribution is 2.32. The van der Waals surface area contributed by atoms with Gasteiger partial charge in [-0.2, -0.15) is 0 Å². The first-order valence-corrected chi connectivity index (χ1v) is 8.07. The molecule has 3 aromatic rings. The smallest absolute Gasteiger partial charge is 0.144 e. The average Bonchev–Trinajstić information content (AvgIpc) is 3.06. The van der Waals surface area contributed by atoms with Crippen molar-refractivity contribution in [2.45, 2.75) is 13.0 Å². The summed E-state index contributed by atoms with van der Waals surface area (Å²) >= 11 is 18.1. The maximum Gasteiger partial charge on any atom is 0.144 e. The van der Waals surface area contributed by atoms with Gasteiger partial charge in [0.2, 0.25) is 0 Å². The molecule has 3 nitrogen and oxygen atoms in total. The van der Waals surface area contributed by atoms with E-state index in [9.17, 15) is 0 Å². The molecule has 0 aliphatic carbocycles. The summed E-state index contributed by atoms with van der Waals surface area (Å²) in [4.78, 5) is 4.06. The molecule has 1 unspecified atom stereocenters. The number of rotatable bonds is 4. The molecule has 1 atom stereocenters. The summed E-state index contributed by atoms with van der Waals surface area (Å²) in [6, 6.07) is 10.9. The van der Waals surface area contributed by atoms with E-state index in [1.54, 1.807) is 30.7 Å². The van der Waals surface area contributed by atoms with Crippen LogP contribution in [0.3, 0.4) is 0 Å². The predicted molar refractivity (Wildman–Crippen MR) is 94.1 cm³/mol. The predicted octanol–water partition coefficient (Wildman–Crippen LogP) is 5.97.